The normalized spacial score (nSPS) is 28.8. The number of hydrogen-bond donors (Lipinski definition) is 0. The quantitative estimate of drug-likeness (QED) is 0.654. The van der Waals surface area contributed by atoms with Gasteiger partial charge in [0.2, 0.25) is 0 Å². The van der Waals surface area contributed by atoms with E-state index in [4.69, 9.17) is 26.1 Å². The summed E-state index contributed by atoms with van der Waals surface area (Å²) in [5, 5.41) is 0.810. The monoisotopic (exact) mass is 434 g/mol. The first kappa shape index (κ1) is 16.8. The van der Waals surface area contributed by atoms with Crippen LogP contribution in [0.2, 0.25) is 5.02 Å². The molecule has 0 N–H and O–H groups in total. The van der Waals surface area contributed by atoms with Gasteiger partial charge in [-0.3, -0.25) is 0 Å². The highest BCUT2D eigenvalue weighted by molar-refractivity contribution is 9.10. The molecule has 2 spiro atoms. The third kappa shape index (κ3) is 2.55. The molecule has 2 aromatic rings. The lowest BCUT2D eigenvalue weighted by Crippen LogP contribution is -2.32. The molecule has 1 saturated heterocycles. The van der Waals surface area contributed by atoms with Gasteiger partial charge < -0.3 is 14.4 Å². The molecule has 5 rings (SSSR count). The van der Waals surface area contributed by atoms with Crippen LogP contribution in [0.25, 0.3) is 0 Å². The van der Waals surface area contributed by atoms with Crippen LogP contribution in [0.15, 0.2) is 34.9 Å². The number of ether oxygens (including phenoxy) is 2. The molecule has 0 radical (unpaired) electrons. The number of anilines is 1. The zero-order valence-corrected chi connectivity index (χ0v) is 16.9. The lowest BCUT2D eigenvalue weighted by atomic mass is 9.80. The van der Waals surface area contributed by atoms with E-state index in [1.54, 1.807) is 7.11 Å². The Morgan fingerprint density at radius 2 is 2.08 bits per heavy atom. The fourth-order valence-electron chi connectivity index (χ4n) is 4.73. The second-order valence-corrected chi connectivity index (χ2v) is 8.98. The Balaban J connectivity index is 1.51. The molecule has 1 aliphatic carbocycles. The van der Waals surface area contributed by atoms with E-state index >= 15 is 0 Å². The minimum Gasteiger partial charge on any atom is -0.497 e. The van der Waals surface area contributed by atoms with Crippen molar-refractivity contribution in [1.29, 1.82) is 0 Å². The summed E-state index contributed by atoms with van der Waals surface area (Å²) in [6, 6.07) is 8.24. The molecule has 26 heavy (non-hydrogen) atoms. The molecule has 3 aliphatic rings. The van der Waals surface area contributed by atoms with Crippen LogP contribution in [0.1, 0.15) is 30.4 Å². The van der Waals surface area contributed by atoms with Crippen molar-refractivity contribution < 1.29 is 9.47 Å². The van der Waals surface area contributed by atoms with Gasteiger partial charge in [0.25, 0.3) is 0 Å². The Bertz CT molecular complexity index is 869. The summed E-state index contributed by atoms with van der Waals surface area (Å²) in [4.78, 5) is 7.12. The van der Waals surface area contributed by atoms with E-state index in [0.29, 0.717) is 0 Å². The number of pyridine rings is 1. The van der Waals surface area contributed by atoms with E-state index in [0.717, 1.165) is 60.0 Å². The SMILES string of the molecule is COc1ccc(CN2C[C@]3(CC[C@]4(CO4)C3)c3c2ncc(Br)c3Cl)cc1. The molecule has 2 fully saturated rings. The maximum Gasteiger partial charge on any atom is 0.134 e. The average Bonchev–Trinajstić information content (AvgIpc) is 3.20. The van der Waals surface area contributed by atoms with Gasteiger partial charge in [-0.2, -0.15) is 0 Å². The molecule has 1 saturated carbocycles. The molecule has 3 heterocycles. The first-order chi connectivity index (χ1) is 12.5. The summed E-state index contributed by atoms with van der Waals surface area (Å²) < 4.78 is 11.9. The lowest BCUT2D eigenvalue weighted by Gasteiger charge is -2.26. The van der Waals surface area contributed by atoms with Gasteiger partial charge in [-0.25, -0.2) is 4.98 Å². The van der Waals surface area contributed by atoms with Gasteiger partial charge in [0.05, 0.1) is 28.8 Å². The number of rotatable bonds is 3. The average molecular weight is 436 g/mol. The second-order valence-electron chi connectivity index (χ2n) is 7.75. The largest absolute Gasteiger partial charge is 0.497 e. The number of methoxy groups -OCH3 is 1. The molecule has 6 heteroatoms. The van der Waals surface area contributed by atoms with Crippen molar-refractivity contribution in [2.24, 2.45) is 0 Å². The fourth-order valence-corrected chi connectivity index (χ4v) is 5.36. The van der Waals surface area contributed by atoms with Crippen LogP contribution in [0.3, 0.4) is 0 Å². The van der Waals surface area contributed by atoms with Gasteiger partial charge in [-0.1, -0.05) is 23.7 Å². The first-order valence-electron chi connectivity index (χ1n) is 8.91. The molecular formula is C20H20BrClN2O2. The zero-order valence-electron chi connectivity index (χ0n) is 14.6. The maximum atomic E-state index is 6.76. The molecule has 1 aromatic heterocycles. The number of halogens is 2. The van der Waals surface area contributed by atoms with Crippen molar-refractivity contribution in [3.8, 4) is 5.75 Å². The predicted molar refractivity (Wildman–Crippen MR) is 105 cm³/mol. The molecule has 0 bridgehead atoms. The van der Waals surface area contributed by atoms with Crippen molar-refractivity contribution >= 4 is 33.3 Å². The van der Waals surface area contributed by atoms with E-state index in [1.807, 2.05) is 18.3 Å². The Morgan fingerprint density at radius 3 is 2.73 bits per heavy atom. The van der Waals surface area contributed by atoms with Gasteiger partial charge in [0.1, 0.15) is 11.6 Å². The number of epoxide rings is 1. The molecular weight excluding hydrogens is 416 g/mol. The van der Waals surface area contributed by atoms with Crippen molar-refractivity contribution in [2.45, 2.75) is 36.8 Å². The van der Waals surface area contributed by atoms with Gasteiger partial charge in [-0.15, -0.1) is 0 Å². The summed E-state index contributed by atoms with van der Waals surface area (Å²) >= 11 is 10.3. The highest BCUT2D eigenvalue weighted by atomic mass is 79.9. The molecule has 136 valence electrons. The summed E-state index contributed by atoms with van der Waals surface area (Å²) in [6.45, 7) is 2.65. The number of fused-ring (bicyclic) bond motifs is 2. The third-order valence-electron chi connectivity index (χ3n) is 6.08. The van der Waals surface area contributed by atoms with Crippen LogP contribution in [0, 0.1) is 0 Å². The Morgan fingerprint density at radius 1 is 1.31 bits per heavy atom. The molecule has 0 unspecified atom stereocenters. The van der Waals surface area contributed by atoms with E-state index in [-0.39, 0.29) is 11.0 Å². The third-order valence-corrected chi connectivity index (χ3v) is 7.30. The van der Waals surface area contributed by atoms with Crippen LogP contribution in [0.4, 0.5) is 5.82 Å². The van der Waals surface area contributed by atoms with Crippen LogP contribution in [-0.2, 0) is 16.7 Å². The number of nitrogens with zero attached hydrogens (tertiary/aromatic N) is 2. The van der Waals surface area contributed by atoms with Crippen molar-refractivity contribution in [1.82, 2.24) is 4.98 Å². The highest BCUT2D eigenvalue weighted by Crippen LogP contribution is 2.60. The van der Waals surface area contributed by atoms with Crippen molar-refractivity contribution in [3.63, 3.8) is 0 Å². The Labute approximate surface area is 166 Å². The van der Waals surface area contributed by atoms with E-state index in [1.165, 1.54) is 11.1 Å². The number of aromatic nitrogens is 1. The van der Waals surface area contributed by atoms with Crippen LogP contribution < -0.4 is 9.64 Å². The van der Waals surface area contributed by atoms with Crippen LogP contribution in [-0.4, -0.2) is 30.8 Å². The summed E-state index contributed by atoms with van der Waals surface area (Å²) in [7, 11) is 1.69. The number of hydrogen-bond acceptors (Lipinski definition) is 4. The van der Waals surface area contributed by atoms with Gasteiger partial charge in [0.15, 0.2) is 0 Å². The van der Waals surface area contributed by atoms with Gasteiger partial charge in [0, 0.05) is 30.3 Å². The van der Waals surface area contributed by atoms with Crippen molar-refractivity contribution in [3.05, 3.63) is 51.1 Å². The van der Waals surface area contributed by atoms with E-state index in [2.05, 4.69) is 33.0 Å². The topological polar surface area (TPSA) is 37.9 Å². The van der Waals surface area contributed by atoms with Crippen LogP contribution in [0.5, 0.6) is 5.75 Å². The minimum absolute atomic E-state index is 0.0478. The van der Waals surface area contributed by atoms with Gasteiger partial charge >= 0.3 is 0 Å². The maximum absolute atomic E-state index is 6.76. The summed E-state index contributed by atoms with van der Waals surface area (Å²) in [5.74, 6) is 1.90. The Hall–Kier alpha value is -1.30. The zero-order chi connectivity index (χ0) is 17.9. The second kappa shape index (κ2) is 5.85. The first-order valence-corrected chi connectivity index (χ1v) is 10.1. The minimum atomic E-state index is 0.0478. The lowest BCUT2D eigenvalue weighted by molar-refractivity contribution is 0.295. The molecule has 1 aromatic carbocycles. The van der Waals surface area contributed by atoms with E-state index in [9.17, 15) is 0 Å². The predicted octanol–water partition coefficient (Wildman–Crippen LogP) is 4.72. The summed E-state index contributed by atoms with van der Waals surface area (Å²) in [5.41, 5.74) is 2.59. The highest BCUT2D eigenvalue weighted by Gasteiger charge is 2.60. The van der Waals surface area contributed by atoms with Crippen LogP contribution >= 0.6 is 27.5 Å². The van der Waals surface area contributed by atoms with Gasteiger partial charge in [-0.05, 0) is 52.9 Å². The molecule has 2 aliphatic heterocycles. The smallest absolute Gasteiger partial charge is 0.134 e. The Kier molecular flexibility index (Phi) is 3.79. The standard InChI is InChI=1S/C20H20BrClN2O2/c1-25-14-4-2-13(3-5-14)9-24-11-19(6-7-20(10-19)12-26-20)16-17(22)15(21)8-23-18(16)24/h2-5,8H,6-7,9-12H2,1H3/t19-,20-/m1/s1. The molecule has 2 atom stereocenters. The molecule has 4 nitrogen and oxygen atoms in total. The summed E-state index contributed by atoms with van der Waals surface area (Å²) in [6.07, 6.45) is 5.09. The van der Waals surface area contributed by atoms with Crippen molar-refractivity contribution in [2.75, 3.05) is 25.2 Å². The fraction of sp³-hybridized carbons (Fsp3) is 0.450. The number of benzene rings is 1. The molecule has 0 amide bonds. The van der Waals surface area contributed by atoms with E-state index < -0.39 is 0 Å².